The number of fused-ring (bicyclic) bond motifs is 1. The third-order valence-electron chi connectivity index (χ3n) is 2.50. The highest BCUT2D eigenvalue weighted by atomic mass is 16.4. The van der Waals surface area contributed by atoms with Crippen molar-refractivity contribution in [2.24, 2.45) is 5.92 Å². The van der Waals surface area contributed by atoms with Crippen LogP contribution < -0.4 is 0 Å². The van der Waals surface area contributed by atoms with E-state index in [1.807, 2.05) is 10.8 Å². The van der Waals surface area contributed by atoms with Gasteiger partial charge in [-0.1, -0.05) is 13.8 Å². The number of carbonyl (C=O) groups is 1. The second-order valence-corrected chi connectivity index (χ2v) is 4.38. The van der Waals surface area contributed by atoms with E-state index in [0.717, 1.165) is 6.54 Å². The van der Waals surface area contributed by atoms with Crippen LogP contribution in [0.3, 0.4) is 0 Å². The topological polar surface area (TPSA) is 59.5 Å². The lowest BCUT2D eigenvalue weighted by atomic mass is 10.2. The molecule has 2 rings (SSSR count). The first kappa shape index (κ1) is 10.7. The Bertz CT molecular complexity index is 537. The molecule has 1 N–H and O–H groups in total. The van der Waals surface area contributed by atoms with Crippen molar-refractivity contribution in [3.05, 3.63) is 23.7 Å². The maximum atomic E-state index is 11.2. The minimum atomic E-state index is -0.920. The molecule has 16 heavy (non-hydrogen) atoms. The Morgan fingerprint density at radius 1 is 1.50 bits per heavy atom. The standard InChI is InChI=1S/C11H15N3O2/c1-7(2)6-13-4-5-14-10(13)9(11(15)16)8(3)12-14/h4-5,7H,6H2,1-3H3,(H,15,16). The zero-order valence-corrected chi connectivity index (χ0v) is 9.64. The molecule has 0 unspecified atom stereocenters. The molecule has 2 aromatic rings. The molecule has 0 aliphatic rings. The van der Waals surface area contributed by atoms with Crippen molar-refractivity contribution in [1.82, 2.24) is 14.2 Å². The highest BCUT2D eigenvalue weighted by molar-refractivity contribution is 5.95. The molecule has 0 bridgehead atoms. The summed E-state index contributed by atoms with van der Waals surface area (Å²) in [4.78, 5) is 11.2. The van der Waals surface area contributed by atoms with Gasteiger partial charge in [-0.25, -0.2) is 9.31 Å². The third kappa shape index (κ3) is 1.58. The van der Waals surface area contributed by atoms with E-state index in [4.69, 9.17) is 5.11 Å². The first-order chi connectivity index (χ1) is 7.50. The smallest absolute Gasteiger partial charge is 0.341 e. The van der Waals surface area contributed by atoms with Gasteiger partial charge in [0.25, 0.3) is 0 Å². The van der Waals surface area contributed by atoms with E-state index in [9.17, 15) is 4.79 Å². The van der Waals surface area contributed by atoms with Crippen molar-refractivity contribution in [3.63, 3.8) is 0 Å². The quantitative estimate of drug-likeness (QED) is 0.859. The number of imidazole rings is 1. The van der Waals surface area contributed by atoms with Crippen LogP contribution in [0.4, 0.5) is 0 Å². The maximum absolute atomic E-state index is 11.2. The highest BCUT2D eigenvalue weighted by Crippen LogP contribution is 2.17. The predicted octanol–water partition coefficient (Wildman–Crippen LogP) is 1.80. The Labute approximate surface area is 93.3 Å². The van der Waals surface area contributed by atoms with E-state index in [-0.39, 0.29) is 0 Å². The Kier molecular flexibility index (Phi) is 2.46. The summed E-state index contributed by atoms with van der Waals surface area (Å²) in [6.45, 7) is 6.71. The molecule has 86 valence electrons. The summed E-state index contributed by atoms with van der Waals surface area (Å²) in [7, 11) is 0. The van der Waals surface area contributed by atoms with Crippen molar-refractivity contribution in [3.8, 4) is 0 Å². The molecule has 2 aromatic heterocycles. The van der Waals surface area contributed by atoms with E-state index >= 15 is 0 Å². The van der Waals surface area contributed by atoms with Gasteiger partial charge in [-0.3, -0.25) is 0 Å². The monoisotopic (exact) mass is 221 g/mol. The van der Waals surface area contributed by atoms with Gasteiger partial charge in [0.1, 0.15) is 5.56 Å². The van der Waals surface area contributed by atoms with E-state index in [1.54, 1.807) is 17.6 Å². The summed E-state index contributed by atoms with van der Waals surface area (Å²) >= 11 is 0. The summed E-state index contributed by atoms with van der Waals surface area (Å²) < 4.78 is 3.56. The number of nitrogens with zero attached hydrogens (tertiary/aromatic N) is 3. The van der Waals surface area contributed by atoms with Crippen LogP contribution in [-0.2, 0) is 6.54 Å². The number of aryl methyl sites for hydroxylation is 1. The summed E-state index contributed by atoms with van der Waals surface area (Å²) in [6, 6.07) is 0. The van der Waals surface area contributed by atoms with Gasteiger partial charge in [0.2, 0.25) is 0 Å². The van der Waals surface area contributed by atoms with Gasteiger partial charge in [-0.2, -0.15) is 5.10 Å². The molecule has 0 saturated heterocycles. The van der Waals surface area contributed by atoms with Crippen molar-refractivity contribution >= 4 is 11.6 Å². The van der Waals surface area contributed by atoms with Crippen molar-refractivity contribution in [1.29, 1.82) is 0 Å². The molecule has 0 spiro atoms. The van der Waals surface area contributed by atoms with Crippen LogP contribution in [0.15, 0.2) is 12.4 Å². The van der Waals surface area contributed by atoms with Crippen LogP contribution in [-0.4, -0.2) is 25.3 Å². The molecular weight excluding hydrogens is 206 g/mol. The SMILES string of the molecule is Cc1nn2ccn(CC(C)C)c2c1C(=O)O. The molecule has 0 amide bonds. The van der Waals surface area contributed by atoms with Crippen molar-refractivity contribution < 1.29 is 9.90 Å². The number of aromatic carboxylic acids is 1. The Morgan fingerprint density at radius 3 is 2.75 bits per heavy atom. The molecular formula is C11H15N3O2. The summed E-state index contributed by atoms with van der Waals surface area (Å²) in [6.07, 6.45) is 3.66. The fourth-order valence-corrected chi connectivity index (χ4v) is 1.92. The third-order valence-corrected chi connectivity index (χ3v) is 2.50. The zero-order valence-electron chi connectivity index (χ0n) is 9.64. The second-order valence-electron chi connectivity index (χ2n) is 4.38. The lowest BCUT2D eigenvalue weighted by Gasteiger charge is -2.07. The van der Waals surface area contributed by atoms with Gasteiger partial charge < -0.3 is 9.67 Å². The number of hydrogen-bond acceptors (Lipinski definition) is 2. The van der Waals surface area contributed by atoms with Crippen LogP contribution in [0.2, 0.25) is 0 Å². The lowest BCUT2D eigenvalue weighted by Crippen LogP contribution is -2.06. The first-order valence-corrected chi connectivity index (χ1v) is 5.28. The summed E-state index contributed by atoms with van der Waals surface area (Å²) in [5.74, 6) is -0.454. The molecule has 0 atom stereocenters. The van der Waals surface area contributed by atoms with E-state index in [1.165, 1.54) is 0 Å². The maximum Gasteiger partial charge on any atom is 0.341 e. The van der Waals surface area contributed by atoms with Crippen LogP contribution in [0, 0.1) is 12.8 Å². The first-order valence-electron chi connectivity index (χ1n) is 5.28. The highest BCUT2D eigenvalue weighted by Gasteiger charge is 2.19. The second kappa shape index (κ2) is 3.66. The molecule has 5 heteroatoms. The molecule has 0 fully saturated rings. The fourth-order valence-electron chi connectivity index (χ4n) is 1.92. The van der Waals surface area contributed by atoms with Crippen LogP contribution in [0.25, 0.3) is 5.65 Å². The number of aromatic nitrogens is 3. The minimum Gasteiger partial charge on any atom is -0.477 e. The molecule has 0 saturated carbocycles. The van der Waals surface area contributed by atoms with Gasteiger partial charge in [0.05, 0.1) is 5.69 Å². The number of hydrogen-bond donors (Lipinski definition) is 1. The molecule has 0 aromatic carbocycles. The lowest BCUT2D eigenvalue weighted by molar-refractivity contribution is 0.0697. The average molecular weight is 221 g/mol. The normalized spacial score (nSPS) is 11.5. The summed E-state index contributed by atoms with van der Waals surface area (Å²) in [5.41, 5.74) is 1.52. The fraction of sp³-hybridized carbons (Fsp3) is 0.455. The predicted molar refractivity (Wildman–Crippen MR) is 59.7 cm³/mol. The Hall–Kier alpha value is -1.78. The van der Waals surface area contributed by atoms with Crippen LogP contribution in [0.1, 0.15) is 29.9 Å². The van der Waals surface area contributed by atoms with E-state index in [0.29, 0.717) is 22.8 Å². The van der Waals surface area contributed by atoms with Gasteiger partial charge in [-0.15, -0.1) is 0 Å². The molecule has 2 heterocycles. The van der Waals surface area contributed by atoms with Crippen LogP contribution in [0.5, 0.6) is 0 Å². The van der Waals surface area contributed by atoms with Gasteiger partial charge in [-0.05, 0) is 12.8 Å². The molecule has 0 aliphatic heterocycles. The van der Waals surface area contributed by atoms with Gasteiger partial charge in [0.15, 0.2) is 5.65 Å². The molecule has 0 radical (unpaired) electrons. The van der Waals surface area contributed by atoms with Crippen molar-refractivity contribution in [2.75, 3.05) is 0 Å². The molecule has 0 aliphatic carbocycles. The van der Waals surface area contributed by atoms with Crippen LogP contribution >= 0.6 is 0 Å². The summed E-state index contributed by atoms with van der Waals surface area (Å²) in [5, 5.41) is 13.3. The van der Waals surface area contributed by atoms with E-state index < -0.39 is 5.97 Å². The van der Waals surface area contributed by atoms with Crippen molar-refractivity contribution in [2.45, 2.75) is 27.3 Å². The van der Waals surface area contributed by atoms with E-state index in [2.05, 4.69) is 18.9 Å². The minimum absolute atomic E-state index is 0.297. The van der Waals surface area contributed by atoms with Gasteiger partial charge in [0, 0.05) is 18.9 Å². The number of rotatable bonds is 3. The average Bonchev–Trinajstić information content (AvgIpc) is 2.64. The number of carboxylic acid groups (broad SMARTS) is 1. The largest absolute Gasteiger partial charge is 0.477 e. The van der Waals surface area contributed by atoms with Gasteiger partial charge >= 0.3 is 5.97 Å². The number of carboxylic acids is 1. The molecule has 5 nitrogen and oxygen atoms in total. The Morgan fingerprint density at radius 2 is 2.19 bits per heavy atom. The zero-order chi connectivity index (χ0) is 11.9. The Balaban J connectivity index is 2.63.